The average Bonchev–Trinajstić information content (AvgIpc) is 2.43. The molecule has 2 rings (SSSR count). The predicted octanol–water partition coefficient (Wildman–Crippen LogP) is 2.89. The van der Waals surface area contributed by atoms with E-state index in [2.05, 4.69) is 15.9 Å². The van der Waals surface area contributed by atoms with E-state index >= 15 is 0 Å². The quantitative estimate of drug-likeness (QED) is 0.834. The lowest BCUT2D eigenvalue weighted by molar-refractivity contribution is 0.0699. The summed E-state index contributed by atoms with van der Waals surface area (Å²) in [7, 11) is 0. The number of rotatable bonds is 1. The van der Waals surface area contributed by atoms with Crippen molar-refractivity contribution in [1.29, 1.82) is 0 Å². The van der Waals surface area contributed by atoms with Gasteiger partial charge in [0.2, 0.25) is 0 Å². The SMILES string of the molecule is O=C(O)c1cccc2oc(Br)cc12. The smallest absolute Gasteiger partial charge is 0.336 e. The maximum Gasteiger partial charge on any atom is 0.336 e. The third kappa shape index (κ3) is 1.33. The molecular formula is C9H5BrO3. The Morgan fingerprint density at radius 2 is 2.23 bits per heavy atom. The zero-order valence-electron chi connectivity index (χ0n) is 6.45. The molecule has 0 amide bonds. The van der Waals surface area contributed by atoms with Gasteiger partial charge in [-0.15, -0.1) is 0 Å². The summed E-state index contributed by atoms with van der Waals surface area (Å²) < 4.78 is 5.75. The van der Waals surface area contributed by atoms with Crippen molar-refractivity contribution in [3.8, 4) is 0 Å². The third-order valence-corrected chi connectivity index (χ3v) is 2.15. The van der Waals surface area contributed by atoms with Crippen LogP contribution in [0.25, 0.3) is 11.0 Å². The Balaban J connectivity index is 2.82. The molecule has 2 aromatic rings. The largest absolute Gasteiger partial charge is 0.478 e. The first-order chi connectivity index (χ1) is 6.18. The molecule has 0 aliphatic rings. The summed E-state index contributed by atoms with van der Waals surface area (Å²) in [5, 5.41) is 9.45. The van der Waals surface area contributed by atoms with Crippen LogP contribution in [0.15, 0.2) is 33.4 Å². The molecule has 0 saturated carbocycles. The molecule has 66 valence electrons. The van der Waals surface area contributed by atoms with Crippen LogP contribution in [0.2, 0.25) is 0 Å². The van der Waals surface area contributed by atoms with Crippen molar-refractivity contribution in [2.75, 3.05) is 0 Å². The van der Waals surface area contributed by atoms with Gasteiger partial charge in [-0.05, 0) is 34.1 Å². The first-order valence-corrected chi connectivity index (χ1v) is 4.39. The molecule has 13 heavy (non-hydrogen) atoms. The lowest BCUT2D eigenvalue weighted by atomic mass is 10.1. The fourth-order valence-corrected chi connectivity index (χ4v) is 1.62. The van der Waals surface area contributed by atoms with Crippen LogP contribution in [0.1, 0.15) is 10.4 Å². The zero-order valence-corrected chi connectivity index (χ0v) is 8.04. The minimum Gasteiger partial charge on any atom is -0.478 e. The highest BCUT2D eigenvalue weighted by atomic mass is 79.9. The molecule has 1 aromatic heterocycles. The van der Waals surface area contributed by atoms with Gasteiger partial charge in [-0.1, -0.05) is 6.07 Å². The predicted molar refractivity (Wildman–Crippen MR) is 50.9 cm³/mol. The summed E-state index contributed by atoms with van der Waals surface area (Å²) in [5.74, 6) is -0.945. The minimum atomic E-state index is -0.945. The molecule has 0 radical (unpaired) electrons. The van der Waals surface area contributed by atoms with Crippen LogP contribution >= 0.6 is 15.9 Å². The second-order valence-electron chi connectivity index (χ2n) is 2.57. The van der Waals surface area contributed by atoms with Crippen LogP contribution in [0.4, 0.5) is 0 Å². The van der Waals surface area contributed by atoms with Gasteiger partial charge in [0, 0.05) is 5.39 Å². The zero-order chi connectivity index (χ0) is 9.42. The Kier molecular flexibility index (Phi) is 1.84. The van der Waals surface area contributed by atoms with E-state index in [-0.39, 0.29) is 5.56 Å². The third-order valence-electron chi connectivity index (χ3n) is 1.76. The van der Waals surface area contributed by atoms with Crippen LogP contribution < -0.4 is 0 Å². The Bertz CT molecular complexity index is 473. The first kappa shape index (κ1) is 8.31. The summed E-state index contributed by atoms with van der Waals surface area (Å²) in [6, 6.07) is 6.58. The highest BCUT2D eigenvalue weighted by Gasteiger charge is 2.10. The number of hydrogen-bond acceptors (Lipinski definition) is 2. The number of carbonyl (C=O) groups is 1. The maximum absolute atomic E-state index is 10.8. The highest BCUT2D eigenvalue weighted by Crippen LogP contribution is 2.26. The number of halogens is 1. The van der Waals surface area contributed by atoms with E-state index in [1.807, 2.05) is 0 Å². The molecule has 0 fully saturated rings. The molecular weight excluding hydrogens is 236 g/mol. The van der Waals surface area contributed by atoms with Gasteiger partial charge in [0.05, 0.1) is 5.56 Å². The summed E-state index contributed by atoms with van der Waals surface area (Å²) in [6.45, 7) is 0. The van der Waals surface area contributed by atoms with Gasteiger partial charge in [-0.3, -0.25) is 0 Å². The van der Waals surface area contributed by atoms with Gasteiger partial charge < -0.3 is 9.52 Å². The number of benzene rings is 1. The van der Waals surface area contributed by atoms with Gasteiger partial charge in [0.15, 0.2) is 4.67 Å². The van der Waals surface area contributed by atoms with E-state index in [4.69, 9.17) is 9.52 Å². The second kappa shape index (κ2) is 2.88. The van der Waals surface area contributed by atoms with Crippen molar-refractivity contribution in [3.05, 3.63) is 34.5 Å². The van der Waals surface area contributed by atoms with Crippen LogP contribution in [-0.4, -0.2) is 11.1 Å². The fraction of sp³-hybridized carbons (Fsp3) is 0. The topological polar surface area (TPSA) is 50.4 Å². The van der Waals surface area contributed by atoms with Gasteiger partial charge in [-0.25, -0.2) is 4.79 Å². The molecule has 0 spiro atoms. The average molecular weight is 241 g/mol. The molecule has 3 nitrogen and oxygen atoms in total. The Labute approximate surface area is 82.1 Å². The number of hydrogen-bond donors (Lipinski definition) is 1. The Morgan fingerprint density at radius 1 is 1.46 bits per heavy atom. The molecule has 1 heterocycles. The summed E-state index contributed by atoms with van der Waals surface area (Å²) in [6.07, 6.45) is 0. The van der Waals surface area contributed by atoms with E-state index in [1.54, 1.807) is 24.3 Å². The van der Waals surface area contributed by atoms with Crippen LogP contribution in [0.3, 0.4) is 0 Å². The number of fused-ring (bicyclic) bond motifs is 1. The lowest BCUT2D eigenvalue weighted by Crippen LogP contribution is -1.95. The first-order valence-electron chi connectivity index (χ1n) is 3.60. The number of aromatic carboxylic acids is 1. The van der Waals surface area contributed by atoms with Crippen molar-refractivity contribution in [2.24, 2.45) is 0 Å². The number of furan rings is 1. The van der Waals surface area contributed by atoms with Crippen LogP contribution in [0, 0.1) is 0 Å². The van der Waals surface area contributed by atoms with Crippen molar-refractivity contribution in [1.82, 2.24) is 0 Å². The van der Waals surface area contributed by atoms with Crippen molar-refractivity contribution in [2.45, 2.75) is 0 Å². The van der Waals surface area contributed by atoms with Crippen LogP contribution in [-0.2, 0) is 0 Å². The van der Waals surface area contributed by atoms with Gasteiger partial charge in [0.25, 0.3) is 0 Å². The van der Waals surface area contributed by atoms with E-state index in [1.165, 1.54) is 0 Å². The Morgan fingerprint density at radius 3 is 2.92 bits per heavy atom. The summed E-state index contributed by atoms with van der Waals surface area (Å²) >= 11 is 3.15. The molecule has 1 aromatic carbocycles. The summed E-state index contributed by atoms with van der Waals surface area (Å²) in [4.78, 5) is 10.8. The normalized spacial score (nSPS) is 10.5. The molecule has 0 unspecified atom stereocenters. The monoisotopic (exact) mass is 240 g/mol. The van der Waals surface area contributed by atoms with Gasteiger partial charge in [-0.2, -0.15) is 0 Å². The van der Waals surface area contributed by atoms with Gasteiger partial charge >= 0.3 is 5.97 Å². The molecule has 0 atom stereocenters. The standard InChI is InChI=1S/C9H5BrO3/c10-8-4-6-5(9(11)12)2-1-3-7(6)13-8/h1-4H,(H,11,12). The summed E-state index contributed by atoms with van der Waals surface area (Å²) in [5.41, 5.74) is 0.832. The van der Waals surface area contributed by atoms with E-state index < -0.39 is 5.97 Å². The van der Waals surface area contributed by atoms with E-state index in [0.29, 0.717) is 15.6 Å². The van der Waals surface area contributed by atoms with Crippen molar-refractivity contribution >= 4 is 32.9 Å². The lowest BCUT2D eigenvalue weighted by Gasteiger charge is -1.93. The van der Waals surface area contributed by atoms with E-state index in [0.717, 1.165) is 0 Å². The molecule has 0 bridgehead atoms. The highest BCUT2D eigenvalue weighted by molar-refractivity contribution is 9.10. The van der Waals surface area contributed by atoms with Crippen molar-refractivity contribution in [3.63, 3.8) is 0 Å². The molecule has 1 N–H and O–H groups in total. The number of carboxylic acid groups (broad SMARTS) is 1. The van der Waals surface area contributed by atoms with Crippen LogP contribution in [0.5, 0.6) is 0 Å². The molecule has 4 heteroatoms. The molecule has 0 aliphatic carbocycles. The molecule has 0 saturated heterocycles. The number of carboxylic acids is 1. The maximum atomic E-state index is 10.8. The van der Waals surface area contributed by atoms with E-state index in [9.17, 15) is 4.79 Å². The van der Waals surface area contributed by atoms with Gasteiger partial charge in [0.1, 0.15) is 5.58 Å². The second-order valence-corrected chi connectivity index (χ2v) is 3.35. The molecule has 0 aliphatic heterocycles. The Hall–Kier alpha value is -1.29. The van der Waals surface area contributed by atoms with Crippen molar-refractivity contribution < 1.29 is 14.3 Å². The minimum absolute atomic E-state index is 0.256. The fourth-order valence-electron chi connectivity index (χ4n) is 1.22.